The van der Waals surface area contributed by atoms with Crippen LogP contribution >= 0.6 is 0 Å². The zero-order chi connectivity index (χ0) is 16.4. The van der Waals surface area contributed by atoms with Gasteiger partial charge in [0, 0.05) is 23.0 Å². The van der Waals surface area contributed by atoms with Gasteiger partial charge in [0.1, 0.15) is 5.75 Å². The molecular weight excluding hydrogens is 296 g/mol. The summed E-state index contributed by atoms with van der Waals surface area (Å²) < 4.78 is 5.40. The fraction of sp³-hybridized carbons (Fsp3) is 0.0952. The van der Waals surface area contributed by atoms with Crippen LogP contribution in [0.3, 0.4) is 0 Å². The molecule has 0 saturated heterocycles. The summed E-state index contributed by atoms with van der Waals surface area (Å²) in [6.45, 7) is 0.733. The van der Waals surface area contributed by atoms with E-state index in [9.17, 15) is 0 Å². The number of anilines is 1. The number of benzene rings is 3. The second-order valence-corrected chi connectivity index (χ2v) is 5.71. The maximum atomic E-state index is 5.40. The second-order valence-electron chi connectivity index (χ2n) is 5.71. The number of hydrogen-bond donors (Lipinski definition) is 1. The van der Waals surface area contributed by atoms with E-state index in [-0.39, 0.29) is 0 Å². The minimum absolute atomic E-state index is 0.733. The van der Waals surface area contributed by atoms with Crippen molar-refractivity contribution in [3.8, 4) is 5.75 Å². The van der Waals surface area contributed by atoms with Gasteiger partial charge in [-0.1, -0.05) is 36.4 Å². The van der Waals surface area contributed by atoms with Crippen LogP contribution in [0.1, 0.15) is 5.56 Å². The Morgan fingerprint density at radius 3 is 2.42 bits per heavy atom. The summed E-state index contributed by atoms with van der Waals surface area (Å²) in [6, 6.07) is 24.6. The van der Waals surface area contributed by atoms with Crippen LogP contribution in [0.2, 0.25) is 0 Å². The SMILES string of the molecule is COc1ccc2nc3ccccc3c(CNc3ccccc3)c2c1. The number of para-hydroxylation sites is 2. The zero-order valence-electron chi connectivity index (χ0n) is 13.5. The average molecular weight is 314 g/mol. The van der Waals surface area contributed by atoms with Gasteiger partial charge in [-0.2, -0.15) is 0 Å². The Balaban J connectivity index is 1.87. The lowest BCUT2D eigenvalue weighted by atomic mass is 10.0. The normalized spacial score (nSPS) is 10.9. The number of nitrogens with one attached hydrogen (secondary N) is 1. The molecule has 118 valence electrons. The molecule has 4 aromatic rings. The van der Waals surface area contributed by atoms with Crippen LogP contribution in [0.4, 0.5) is 5.69 Å². The van der Waals surface area contributed by atoms with E-state index in [2.05, 4.69) is 41.7 Å². The molecule has 4 rings (SSSR count). The summed E-state index contributed by atoms with van der Waals surface area (Å²) in [4.78, 5) is 4.79. The van der Waals surface area contributed by atoms with Crippen molar-refractivity contribution >= 4 is 27.5 Å². The van der Waals surface area contributed by atoms with Gasteiger partial charge in [-0.3, -0.25) is 0 Å². The van der Waals surface area contributed by atoms with Crippen LogP contribution in [0.25, 0.3) is 21.8 Å². The van der Waals surface area contributed by atoms with Crippen molar-refractivity contribution in [3.05, 3.63) is 78.4 Å². The largest absolute Gasteiger partial charge is 0.497 e. The second kappa shape index (κ2) is 6.20. The Hall–Kier alpha value is -3.07. The third kappa shape index (κ3) is 2.65. The Morgan fingerprint density at radius 2 is 1.58 bits per heavy atom. The third-order valence-corrected chi connectivity index (χ3v) is 4.24. The summed E-state index contributed by atoms with van der Waals surface area (Å²) in [5, 5.41) is 5.80. The van der Waals surface area contributed by atoms with Crippen molar-refractivity contribution in [2.45, 2.75) is 6.54 Å². The van der Waals surface area contributed by atoms with Gasteiger partial charge in [-0.15, -0.1) is 0 Å². The molecule has 1 N–H and O–H groups in total. The molecule has 0 aliphatic heterocycles. The first kappa shape index (κ1) is 14.5. The highest BCUT2D eigenvalue weighted by Gasteiger charge is 2.10. The van der Waals surface area contributed by atoms with Crippen LogP contribution in [0.15, 0.2) is 72.8 Å². The number of ether oxygens (including phenoxy) is 1. The molecule has 3 nitrogen and oxygen atoms in total. The molecule has 0 fully saturated rings. The molecule has 1 aromatic heterocycles. The summed E-state index contributed by atoms with van der Waals surface area (Å²) in [7, 11) is 1.69. The van der Waals surface area contributed by atoms with Gasteiger partial charge in [-0.05, 0) is 42.0 Å². The highest BCUT2D eigenvalue weighted by Crippen LogP contribution is 2.29. The van der Waals surface area contributed by atoms with E-state index in [1.807, 2.05) is 36.4 Å². The maximum absolute atomic E-state index is 5.40. The van der Waals surface area contributed by atoms with Crippen LogP contribution in [-0.4, -0.2) is 12.1 Å². The first-order chi connectivity index (χ1) is 11.8. The monoisotopic (exact) mass is 314 g/mol. The number of nitrogens with zero attached hydrogens (tertiary/aromatic N) is 1. The van der Waals surface area contributed by atoms with E-state index in [1.165, 1.54) is 10.9 Å². The average Bonchev–Trinajstić information content (AvgIpc) is 2.65. The number of hydrogen-bond acceptors (Lipinski definition) is 3. The van der Waals surface area contributed by atoms with Crippen molar-refractivity contribution in [2.75, 3.05) is 12.4 Å². The number of rotatable bonds is 4. The van der Waals surface area contributed by atoms with Crippen LogP contribution in [0, 0.1) is 0 Å². The summed E-state index contributed by atoms with van der Waals surface area (Å²) >= 11 is 0. The molecular formula is C21H18N2O. The smallest absolute Gasteiger partial charge is 0.119 e. The summed E-state index contributed by atoms with van der Waals surface area (Å²) in [6.07, 6.45) is 0. The Kier molecular flexibility index (Phi) is 3.75. The number of pyridine rings is 1. The standard InChI is InChI=1S/C21H18N2O/c1-24-16-11-12-21-18(13-16)19(14-22-15-7-3-2-4-8-15)17-9-5-6-10-20(17)23-21/h2-13,22H,14H2,1H3. The van der Waals surface area contributed by atoms with Gasteiger partial charge < -0.3 is 10.1 Å². The van der Waals surface area contributed by atoms with Crippen molar-refractivity contribution in [1.29, 1.82) is 0 Å². The van der Waals surface area contributed by atoms with Crippen molar-refractivity contribution in [1.82, 2.24) is 4.98 Å². The fourth-order valence-electron chi connectivity index (χ4n) is 3.02. The molecule has 0 amide bonds. The van der Waals surface area contributed by atoms with Crippen molar-refractivity contribution < 1.29 is 4.74 Å². The Morgan fingerprint density at radius 1 is 0.833 bits per heavy atom. The topological polar surface area (TPSA) is 34.1 Å². The number of methoxy groups -OCH3 is 1. The molecule has 0 aliphatic carbocycles. The predicted molar refractivity (Wildman–Crippen MR) is 99.6 cm³/mol. The third-order valence-electron chi connectivity index (χ3n) is 4.24. The van der Waals surface area contributed by atoms with Gasteiger partial charge in [0.15, 0.2) is 0 Å². The van der Waals surface area contributed by atoms with Gasteiger partial charge in [0.2, 0.25) is 0 Å². The molecule has 0 bridgehead atoms. The Labute approximate surface area is 140 Å². The van der Waals surface area contributed by atoms with E-state index < -0.39 is 0 Å². The minimum Gasteiger partial charge on any atom is -0.497 e. The number of fused-ring (bicyclic) bond motifs is 2. The molecule has 0 aliphatic rings. The molecule has 3 heteroatoms. The quantitative estimate of drug-likeness (QED) is 0.538. The number of aromatic nitrogens is 1. The van der Waals surface area contributed by atoms with Gasteiger partial charge in [0.05, 0.1) is 18.1 Å². The van der Waals surface area contributed by atoms with E-state index in [0.29, 0.717) is 0 Å². The molecule has 1 heterocycles. The summed E-state index contributed by atoms with van der Waals surface area (Å²) in [5.74, 6) is 0.848. The van der Waals surface area contributed by atoms with Gasteiger partial charge in [-0.25, -0.2) is 4.98 Å². The highest BCUT2D eigenvalue weighted by atomic mass is 16.5. The van der Waals surface area contributed by atoms with Crippen molar-refractivity contribution in [3.63, 3.8) is 0 Å². The van der Waals surface area contributed by atoms with Crippen molar-refractivity contribution in [2.24, 2.45) is 0 Å². The lowest BCUT2D eigenvalue weighted by molar-refractivity contribution is 0.415. The minimum atomic E-state index is 0.733. The lowest BCUT2D eigenvalue weighted by Crippen LogP contribution is -2.02. The van der Waals surface area contributed by atoms with E-state index in [4.69, 9.17) is 9.72 Å². The molecule has 0 spiro atoms. The molecule has 24 heavy (non-hydrogen) atoms. The molecule has 0 unspecified atom stereocenters. The predicted octanol–water partition coefficient (Wildman–Crippen LogP) is 5.01. The molecule has 0 atom stereocenters. The van der Waals surface area contributed by atoms with Crippen LogP contribution in [0.5, 0.6) is 5.75 Å². The first-order valence-electron chi connectivity index (χ1n) is 7.99. The van der Waals surface area contributed by atoms with Crippen LogP contribution < -0.4 is 10.1 Å². The Bertz CT molecular complexity index is 996. The molecule has 0 saturated carbocycles. The fourth-order valence-corrected chi connectivity index (χ4v) is 3.02. The molecule has 0 radical (unpaired) electrons. The highest BCUT2D eigenvalue weighted by molar-refractivity contribution is 5.98. The van der Waals surface area contributed by atoms with Crippen LogP contribution in [-0.2, 0) is 6.54 Å². The van der Waals surface area contributed by atoms with E-state index >= 15 is 0 Å². The lowest BCUT2D eigenvalue weighted by Gasteiger charge is -2.13. The van der Waals surface area contributed by atoms with E-state index in [1.54, 1.807) is 7.11 Å². The van der Waals surface area contributed by atoms with Gasteiger partial charge in [0.25, 0.3) is 0 Å². The first-order valence-corrected chi connectivity index (χ1v) is 7.99. The molecule has 3 aromatic carbocycles. The maximum Gasteiger partial charge on any atom is 0.119 e. The zero-order valence-corrected chi connectivity index (χ0v) is 13.5. The summed E-state index contributed by atoms with van der Waals surface area (Å²) in [5.41, 5.74) is 4.34. The van der Waals surface area contributed by atoms with Gasteiger partial charge >= 0.3 is 0 Å². The van der Waals surface area contributed by atoms with E-state index in [0.717, 1.165) is 34.4 Å².